The molecular formula is C15H19N3O5. The monoisotopic (exact) mass is 321 g/mol. The van der Waals surface area contributed by atoms with Crippen LogP contribution < -0.4 is 10.8 Å². The van der Waals surface area contributed by atoms with Crippen molar-refractivity contribution in [3.05, 3.63) is 35.7 Å². The molecule has 1 aliphatic heterocycles. The van der Waals surface area contributed by atoms with Crippen molar-refractivity contribution in [1.82, 2.24) is 15.8 Å². The molecule has 0 unspecified atom stereocenters. The number of rotatable bonds is 6. The van der Waals surface area contributed by atoms with Gasteiger partial charge in [0, 0.05) is 32.0 Å². The van der Waals surface area contributed by atoms with Crippen LogP contribution in [0.2, 0.25) is 0 Å². The van der Waals surface area contributed by atoms with E-state index in [0.717, 1.165) is 11.6 Å². The largest absolute Gasteiger partial charge is 0.480 e. The molecule has 124 valence electrons. The molecule has 1 saturated heterocycles. The summed E-state index contributed by atoms with van der Waals surface area (Å²) in [6, 6.07) is 3.50. The molecule has 4 N–H and O–H groups in total. The Hall–Kier alpha value is -2.29. The molecule has 23 heavy (non-hydrogen) atoms. The maximum atomic E-state index is 11.5. The number of pyridine rings is 1. The zero-order chi connectivity index (χ0) is 16.7. The van der Waals surface area contributed by atoms with E-state index in [1.165, 1.54) is 11.6 Å². The maximum absolute atomic E-state index is 11.5. The van der Waals surface area contributed by atoms with E-state index in [-0.39, 0.29) is 0 Å². The Balaban J connectivity index is 1.96. The number of carboxylic acid groups (broad SMARTS) is 1. The highest BCUT2D eigenvalue weighted by molar-refractivity contribution is 5.90. The van der Waals surface area contributed by atoms with Crippen LogP contribution in [-0.2, 0) is 20.9 Å². The summed E-state index contributed by atoms with van der Waals surface area (Å²) in [5.74, 6) is -1.51. The number of carboxylic acids is 1. The fourth-order valence-corrected chi connectivity index (χ4v) is 2.29. The fraction of sp³-hybridized carbons (Fsp3) is 0.400. The molecule has 0 atom stereocenters. The predicted octanol–water partition coefficient (Wildman–Crippen LogP) is 0.324. The average molecular weight is 321 g/mol. The Labute approximate surface area is 133 Å². The van der Waals surface area contributed by atoms with Gasteiger partial charge in [-0.3, -0.25) is 25.1 Å². The first kappa shape index (κ1) is 17.1. The summed E-state index contributed by atoms with van der Waals surface area (Å²) in [5, 5.41) is 20.9. The highest BCUT2D eigenvalue weighted by Gasteiger charge is 2.39. The Morgan fingerprint density at radius 3 is 2.65 bits per heavy atom. The van der Waals surface area contributed by atoms with Crippen LogP contribution >= 0.6 is 0 Å². The molecule has 0 aliphatic carbocycles. The molecule has 0 bridgehead atoms. The first-order valence-electron chi connectivity index (χ1n) is 7.19. The third-order valence-corrected chi connectivity index (χ3v) is 3.75. The van der Waals surface area contributed by atoms with E-state index in [4.69, 9.17) is 9.94 Å². The Kier molecular flexibility index (Phi) is 5.80. The SMILES string of the molecule is O=C(C=Cc1ccc(CNC2(C(=O)O)CCOCC2)cn1)NO. The fourth-order valence-electron chi connectivity index (χ4n) is 2.29. The molecule has 2 rings (SSSR count). The Morgan fingerprint density at radius 2 is 2.09 bits per heavy atom. The molecule has 8 heteroatoms. The zero-order valence-electron chi connectivity index (χ0n) is 12.5. The van der Waals surface area contributed by atoms with Crippen LogP contribution in [0.1, 0.15) is 24.1 Å². The van der Waals surface area contributed by atoms with Gasteiger partial charge >= 0.3 is 5.97 Å². The van der Waals surface area contributed by atoms with E-state index in [9.17, 15) is 14.7 Å². The van der Waals surface area contributed by atoms with E-state index in [1.807, 2.05) is 0 Å². The van der Waals surface area contributed by atoms with Crippen LogP contribution in [0.4, 0.5) is 0 Å². The van der Waals surface area contributed by atoms with Crippen LogP contribution in [-0.4, -0.2) is 45.9 Å². The number of carbonyl (C=O) groups excluding carboxylic acids is 1. The van der Waals surface area contributed by atoms with Crippen molar-refractivity contribution in [1.29, 1.82) is 0 Å². The highest BCUT2D eigenvalue weighted by Crippen LogP contribution is 2.21. The number of hydrogen-bond acceptors (Lipinski definition) is 6. The molecule has 0 spiro atoms. The minimum Gasteiger partial charge on any atom is -0.480 e. The standard InChI is InChI=1S/C15H19N3O5/c19-13(18-22)4-3-12-2-1-11(9-16-12)10-17-15(14(20)21)5-7-23-8-6-15/h1-4,9,17,22H,5-8,10H2,(H,18,19)(H,20,21). The van der Waals surface area contributed by atoms with Crippen LogP contribution in [0.5, 0.6) is 0 Å². The van der Waals surface area contributed by atoms with Crippen molar-refractivity contribution in [2.24, 2.45) is 0 Å². The zero-order valence-corrected chi connectivity index (χ0v) is 12.5. The normalized spacial score (nSPS) is 17.1. The van der Waals surface area contributed by atoms with E-state index in [2.05, 4.69) is 10.3 Å². The van der Waals surface area contributed by atoms with E-state index < -0.39 is 17.4 Å². The summed E-state index contributed by atoms with van der Waals surface area (Å²) in [6.45, 7) is 1.23. The van der Waals surface area contributed by atoms with Crippen molar-refractivity contribution < 1.29 is 24.6 Å². The second-order valence-electron chi connectivity index (χ2n) is 5.25. The summed E-state index contributed by atoms with van der Waals surface area (Å²) in [6.07, 6.45) is 5.07. The predicted molar refractivity (Wildman–Crippen MR) is 80.5 cm³/mol. The van der Waals surface area contributed by atoms with Crippen LogP contribution in [0.3, 0.4) is 0 Å². The molecule has 1 aliphatic rings. The number of carbonyl (C=O) groups is 2. The molecule has 1 fully saturated rings. The summed E-state index contributed by atoms with van der Waals surface area (Å²) in [5.41, 5.74) is 1.91. The first-order chi connectivity index (χ1) is 11.1. The van der Waals surface area contributed by atoms with Crippen molar-refractivity contribution in [3.63, 3.8) is 0 Å². The molecule has 0 saturated carbocycles. The lowest BCUT2D eigenvalue weighted by Crippen LogP contribution is -2.55. The number of amides is 1. The van der Waals surface area contributed by atoms with Crippen molar-refractivity contribution in [2.75, 3.05) is 13.2 Å². The number of nitrogens with zero attached hydrogens (tertiary/aromatic N) is 1. The second kappa shape index (κ2) is 7.82. The quantitative estimate of drug-likeness (QED) is 0.338. The maximum Gasteiger partial charge on any atom is 0.324 e. The van der Waals surface area contributed by atoms with Gasteiger partial charge in [-0.25, -0.2) is 5.48 Å². The lowest BCUT2D eigenvalue weighted by Gasteiger charge is -2.34. The van der Waals surface area contributed by atoms with Crippen LogP contribution in [0.25, 0.3) is 6.08 Å². The van der Waals surface area contributed by atoms with Gasteiger partial charge < -0.3 is 9.84 Å². The smallest absolute Gasteiger partial charge is 0.324 e. The number of ether oxygens (including phenoxy) is 1. The second-order valence-corrected chi connectivity index (χ2v) is 5.25. The van der Waals surface area contributed by atoms with Gasteiger partial charge in [0.25, 0.3) is 5.91 Å². The van der Waals surface area contributed by atoms with E-state index in [0.29, 0.717) is 38.3 Å². The van der Waals surface area contributed by atoms with Gasteiger partial charge in [0.1, 0.15) is 5.54 Å². The molecule has 2 heterocycles. The molecule has 1 aromatic heterocycles. The van der Waals surface area contributed by atoms with Gasteiger partial charge in [0.15, 0.2) is 0 Å². The average Bonchev–Trinajstić information content (AvgIpc) is 2.59. The number of nitrogens with one attached hydrogen (secondary N) is 2. The van der Waals surface area contributed by atoms with Crippen molar-refractivity contribution >= 4 is 18.0 Å². The summed E-state index contributed by atoms with van der Waals surface area (Å²) in [7, 11) is 0. The van der Waals surface area contributed by atoms with Crippen LogP contribution in [0, 0.1) is 0 Å². The lowest BCUT2D eigenvalue weighted by atomic mass is 9.90. The van der Waals surface area contributed by atoms with Crippen molar-refractivity contribution in [2.45, 2.75) is 24.9 Å². The van der Waals surface area contributed by atoms with E-state index in [1.54, 1.807) is 18.3 Å². The van der Waals surface area contributed by atoms with E-state index >= 15 is 0 Å². The molecule has 0 aromatic carbocycles. The van der Waals surface area contributed by atoms with Gasteiger partial charge in [0.05, 0.1) is 5.69 Å². The molecular weight excluding hydrogens is 302 g/mol. The van der Waals surface area contributed by atoms with Gasteiger partial charge in [0.2, 0.25) is 0 Å². The Morgan fingerprint density at radius 1 is 1.35 bits per heavy atom. The lowest BCUT2D eigenvalue weighted by molar-refractivity contribution is -0.149. The van der Waals surface area contributed by atoms with Gasteiger partial charge in [-0.05, 0) is 30.5 Å². The topological polar surface area (TPSA) is 121 Å². The number of aliphatic carboxylic acids is 1. The summed E-state index contributed by atoms with van der Waals surface area (Å²) >= 11 is 0. The number of hydroxylamine groups is 1. The molecule has 0 radical (unpaired) electrons. The molecule has 8 nitrogen and oxygen atoms in total. The number of hydrogen-bond donors (Lipinski definition) is 4. The van der Waals surface area contributed by atoms with Gasteiger partial charge in [-0.2, -0.15) is 0 Å². The van der Waals surface area contributed by atoms with Crippen LogP contribution in [0.15, 0.2) is 24.4 Å². The third kappa shape index (κ3) is 4.59. The molecule has 1 aromatic rings. The highest BCUT2D eigenvalue weighted by atomic mass is 16.5. The summed E-state index contributed by atoms with van der Waals surface area (Å²) < 4.78 is 5.22. The number of aromatic nitrogens is 1. The first-order valence-corrected chi connectivity index (χ1v) is 7.19. The molecule has 1 amide bonds. The summed E-state index contributed by atoms with van der Waals surface area (Å²) in [4.78, 5) is 26.6. The Bertz CT molecular complexity index is 579. The van der Waals surface area contributed by atoms with Crippen molar-refractivity contribution in [3.8, 4) is 0 Å². The minimum atomic E-state index is -0.962. The van der Waals surface area contributed by atoms with Gasteiger partial charge in [-0.15, -0.1) is 0 Å². The minimum absolute atomic E-state index is 0.375. The third-order valence-electron chi connectivity index (χ3n) is 3.75. The van der Waals surface area contributed by atoms with Gasteiger partial charge in [-0.1, -0.05) is 6.07 Å².